The zero-order valence-electron chi connectivity index (χ0n) is 11.8. The number of ether oxygens (including phenoxy) is 1. The van der Waals surface area contributed by atoms with E-state index in [2.05, 4.69) is 29.0 Å². The summed E-state index contributed by atoms with van der Waals surface area (Å²) in [6.07, 6.45) is 5.65. The number of aromatic nitrogens is 1. The Morgan fingerprint density at radius 1 is 1.47 bits per heavy atom. The Morgan fingerprint density at radius 2 is 2.32 bits per heavy atom. The molecule has 2 heterocycles. The molecule has 0 bridgehead atoms. The van der Waals surface area contributed by atoms with E-state index < -0.39 is 0 Å². The van der Waals surface area contributed by atoms with E-state index in [-0.39, 0.29) is 6.10 Å². The first-order valence-corrected chi connectivity index (χ1v) is 7.32. The van der Waals surface area contributed by atoms with Gasteiger partial charge in [-0.05, 0) is 26.2 Å². The lowest BCUT2D eigenvalue weighted by atomic mass is 10.1. The molecule has 1 saturated heterocycles. The molecular weight excluding hydrogens is 242 g/mol. The molecule has 19 heavy (non-hydrogen) atoms. The molecule has 2 aliphatic rings. The molecule has 0 aromatic carbocycles. The first-order valence-electron chi connectivity index (χ1n) is 7.32. The van der Waals surface area contributed by atoms with Gasteiger partial charge >= 0.3 is 0 Å². The summed E-state index contributed by atoms with van der Waals surface area (Å²) in [5.41, 5.74) is 0.996. The van der Waals surface area contributed by atoms with E-state index in [0.717, 1.165) is 37.8 Å². The van der Waals surface area contributed by atoms with Crippen molar-refractivity contribution < 1.29 is 9.15 Å². The standard InChI is InChI=1S/C14H23N3O2/c1-3-13-9-18-10(2)7-17(13)14-16-12(8-19-14)6-15-11-4-5-11/h8,10-11,13,15H,3-7,9H2,1-2H3. The normalized spacial score (nSPS) is 27.8. The number of rotatable bonds is 5. The Bertz CT molecular complexity index is 417. The molecule has 5 heteroatoms. The van der Waals surface area contributed by atoms with Gasteiger partial charge < -0.3 is 19.4 Å². The van der Waals surface area contributed by atoms with Crippen LogP contribution < -0.4 is 10.2 Å². The van der Waals surface area contributed by atoms with Crippen molar-refractivity contribution in [3.63, 3.8) is 0 Å². The molecule has 1 saturated carbocycles. The summed E-state index contributed by atoms with van der Waals surface area (Å²) in [7, 11) is 0. The fraction of sp³-hybridized carbons (Fsp3) is 0.786. The van der Waals surface area contributed by atoms with Crippen molar-refractivity contribution >= 4 is 6.01 Å². The van der Waals surface area contributed by atoms with Crippen LogP contribution in [0.15, 0.2) is 10.7 Å². The molecule has 1 N–H and O–H groups in total. The summed E-state index contributed by atoms with van der Waals surface area (Å²) >= 11 is 0. The average Bonchev–Trinajstić information content (AvgIpc) is 3.13. The van der Waals surface area contributed by atoms with E-state index in [9.17, 15) is 0 Å². The van der Waals surface area contributed by atoms with Crippen molar-refractivity contribution in [1.29, 1.82) is 0 Å². The summed E-state index contributed by atoms with van der Waals surface area (Å²) in [4.78, 5) is 6.85. The number of oxazole rings is 1. The lowest BCUT2D eigenvalue weighted by Crippen LogP contribution is -2.48. The molecule has 106 valence electrons. The van der Waals surface area contributed by atoms with Crippen LogP contribution in [-0.2, 0) is 11.3 Å². The van der Waals surface area contributed by atoms with Crippen molar-refractivity contribution in [2.75, 3.05) is 18.1 Å². The van der Waals surface area contributed by atoms with Crippen LogP contribution in [-0.4, -0.2) is 36.3 Å². The quantitative estimate of drug-likeness (QED) is 0.881. The highest BCUT2D eigenvalue weighted by atomic mass is 16.5. The monoisotopic (exact) mass is 265 g/mol. The Hall–Kier alpha value is -1.07. The van der Waals surface area contributed by atoms with Crippen LogP contribution in [0.3, 0.4) is 0 Å². The lowest BCUT2D eigenvalue weighted by molar-refractivity contribution is 0.0278. The molecule has 0 radical (unpaired) electrons. The Labute approximate surface area is 114 Å². The van der Waals surface area contributed by atoms with Crippen molar-refractivity contribution in [3.05, 3.63) is 12.0 Å². The fourth-order valence-corrected chi connectivity index (χ4v) is 2.46. The molecule has 5 nitrogen and oxygen atoms in total. The van der Waals surface area contributed by atoms with Gasteiger partial charge in [0.05, 0.1) is 24.4 Å². The zero-order valence-corrected chi connectivity index (χ0v) is 11.8. The Balaban J connectivity index is 1.65. The van der Waals surface area contributed by atoms with Crippen molar-refractivity contribution in [1.82, 2.24) is 10.3 Å². The third-order valence-electron chi connectivity index (χ3n) is 3.87. The molecule has 2 atom stereocenters. The number of nitrogens with one attached hydrogen (secondary N) is 1. The summed E-state index contributed by atoms with van der Waals surface area (Å²) in [6.45, 7) is 6.70. The van der Waals surface area contributed by atoms with Gasteiger partial charge in [0.25, 0.3) is 6.01 Å². The topological polar surface area (TPSA) is 50.5 Å². The van der Waals surface area contributed by atoms with Crippen LogP contribution in [0.1, 0.15) is 38.8 Å². The number of morpholine rings is 1. The highest BCUT2D eigenvalue weighted by Crippen LogP contribution is 2.24. The van der Waals surface area contributed by atoms with Gasteiger partial charge in [0.15, 0.2) is 0 Å². The fourth-order valence-electron chi connectivity index (χ4n) is 2.46. The SMILES string of the molecule is CCC1COC(C)CN1c1nc(CNC2CC2)co1. The maximum Gasteiger partial charge on any atom is 0.297 e. The van der Waals surface area contributed by atoms with Crippen LogP contribution in [0.4, 0.5) is 6.01 Å². The highest BCUT2D eigenvalue weighted by Gasteiger charge is 2.29. The van der Waals surface area contributed by atoms with Gasteiger partial charge in [0.1, 0.15) is 6.26 Å². The predicted octanol–water partition coefficient (Wildman–Crippen LogP) is 1.93. The number of anilines is 1. The van der Waals surface area contributed by atoms with E-state index in [4.69, 9.17) is 9.15 Å². The molecular formula is C14H23N3O2. The zero-order chi connectivity index (χ0) is 13.2. The number of nitrogens with zero attached hydrogens (tertiary/aromatic N) is 2. The van der Waals surface area contributed by atoms with E-state index in [1.807, 2.05) is 0 Å². The number of hydrogen-bond acceptors (Lipinski definition) is 5. The molecule has 2 unspecified atom stereocenters. The average molecular weight is 265 g/mol. The first-order chi connectivity index (χ1) is 9.26. The summed E-state index contributed by atoms with van der Waals surface area (Å²) < 4.78 is 11.4. The van der Waals surface area contributed by atoms with Crippen LogP contribution >= 0.6 is 0 Å². The van der Waals surface area contributed by atoms with Gasteiger partial charge in [-0.3, -0.25) is 0 Å². The molecule has 0 amide bonds. The maximum atomic E-state index is 5.70. The van der Waals surface area contributed by atoms with Gasteiger partial charge in [-0.25, -0.2) is 0 Å². The molecule has 1 aromatic heterocycles. The third-order valence-corrected chi connectivity index (χ3v) is 3.87. The first kappa shape index (κ1) is 12.9. The van der Waals surface area contributed by atoms with E-state index in [0.29, 0.717) is 12.1 Å². The maximum absolute atomic E-state index is 5.70. The third kappa shape index (κ3) is 3.09. The van der Waals surface area contributed by atoms with Crippen LogP contribution in [0.25, 0.3) is 0 Å². The molecule has 3 rings (SSSR count). The van der Waals surface area contributed by atoms with Crippen molar-refractivity contribution in [2.24, 2.45) is 0 Å². The van der Waals surface area contributed by atoms with Crippen LogP contribution in [0.2, 0.25) is 0 Å². The van der Waals surface area contributed by atoms with Gasteiger partial charge in [-0.15, -0.1) is 0 Å². The van der Waals surface area contributed by atoms with Crippen molar-refractivity contribution in [3.8, 4) is 0 Å². The number of hydrogen-bond donors (Lipinski definition) is 1. The summed E-state index contributed by atoms with van der Waals surface area (Å²) in [6, 6.07) is 1.82. The smallest absolute Gasteiger partial charge is 0.297 e. The second-order valence-corrected chi connectivity index (χ2v) is 5.63. The van der Waals surface area contributed by atoms with Crippen LogP contribution in [0, 0.1) is 0 Å². The molecule has 1 aliphatic carbocycles. The van der Waals surface area contributed by atoms with Gasteiger partial charge in [0.2, 0.25) is 0 Å². The molecule has 0 spiro atoms. The summed E-state index contributed by atoms with van der Waals surface area (Å²) in [5.74, 6) is 0. The van der Waals surface area contributed by atoms with E-state index in [1.165, 1.54) is 12.8 Å². The van der Waals surface area contributed by atoms with Gasteiger partial charge in [-0.2, -0.15) is 4.98 Å². The second kappa shape index (κ2) is 5.51. The molecule has 1 aromatic rings. The minimum atomic E-state index is 0.239. The van der Waals surface area contributed by atoms with Gasteiger partial charge in [0, 0.05) is 19.1 Å². The Morgan fingerprint density at radius 3 is 3.05 bits per heavy atom. The molecule has 1 aliphatic heterocycles. The van der Waals surface area contributed by atoms with Gasteiger partial charge in [-0.1, -0.05) is 6.92 Å². The van der Waals surface area contributed by atoms with Crippen LogP contribution in [0.5, 0.6) is 0 Å². The van der Waals surface area contributed by atoms with E-state index in [1.54, 1.807) is 6.26 Å². The largest absolute Gasteiger partial charge is 0.432 e. The second-order valence-electron chi connectivity index (χ2n) is 5.63. The Kier molecular flexibility index (Phi) is 3.75. The highest BCUT2D eigenvalue weighted by molar-refractivity contribution is 5.30. The summed E-state index contributed by atoms with van der Waals surface area (Å²) in [5, 5.41) is 3.46. The van der Waals surface area contributed by atoms with Crippen molar-refractivity contribution in [2.45, 2.75) is 57.8 Å². The van der Waals surface area contributed by atoms with E-state index >= 15 is 0 Å². The minimum absolute atomic E-state index is 0.239. The molecule has 2 fully saturated rings. The minimum Gasteiger partial charge on any atom is -0.432 e. The predicted molar refractivity (Wildman–Crippen MR) is 73.2 cm³/mol. The lowest BCUT2D eigenvalue weighted by Gasteiger charge is -2.37.